The molecule has 0 radical (unpaired) electrons. The molecule has 0 atom stereocenters. The second-order valence-electron chi connectivity index (χ2n) is 7.36. The predicted octanol–water partition coefficient (Wildman–Crippen LogP) is 4.54. The lowest BCUT2D eigenvalue weighted by molar-refractivity contribution is 0.0713. The van der Waals surface area contributed by atoms with Crippen LogP contribution < -0.4 is 4.72 Å². The summed E-state index contributed by atoms with van der Waals surface area (Å²) in [5.74, 6) is 0.329. The van der Waals surface area contributed by atoms with Crippen LogP contribution >= 0.6 is 23.2 Å². The monoisotopic (exact) mass is 478 g/mol. The van der Waals surface area contributed by atoms with Gasteiger partial charge in [0.1, 0.15) is 4.90 Å². The molecule has 7 nitrogen and oxygen atoms in total. The van der Waals surface area contributed by atoms with Crippen LogP contribution in [0, 0.1) is 0 Å². The van der Waals surface area contributed by atoms with E-state index in [1.54, 1.807) is 24.3 Å². The molecular formula is C21H20Cl2N4O3S. The molecule has 1 fully saturated rings. The van der Waals surface area contributed by atoms with Gasteiger partial charge in [0.2, 0.25) is 0 Å². The number of piperidine rings is 1. The lowest BCUT2D eigenvalue weighted by Crippen LogP contribution is -2.37. The van der Waals surface area contributed by atoms with Crippen LogP contribution in [0.4, 0.5) is 5.69 Å². The molecule has 0 bridgehead atoms. The number of hydrogen-bond acceptors (Lipinski definition) is 4. The van der Waals surface area contributed by atoms with Crippen molar-refractivity contribution in [3.8, 4) is 0 Å². The second-order valence-corrected chi connectivity index (χ2v) is 9.85. The molecule has 1 saturated heterocycles. The van der Waals surface area contributed by atoms with Crippen molar-refractivity contribution >= 4 is 44.8 Å². The van der Waals surface area contributed by atoms with E-state index in [0.29, 0.717) is 30.3 Å². The number of carbonyl (C=O) groups excluding carboxylic acids is 1. The van der Waals surface area contributed by atoms with E-state index in [0.717, 1.165) is 12.8 Å². The molecular weight excluding hydrogens is 459 g/mol. The molecule has 1 amide bonds. The Hall–Kier alpha value is -2.55. The lowest BCUT2D eigenvalue weighted by Gasteiger charge is -2.31. The summed E-state index contributed by atoms with van der Waals surface area (Å²) in [6.07, 6.45) is 5.49. The minimum Gasteiger partial charge on any atom is -0.339 e. The van der Waals surface area contributed by atoms with E-state index in [1.165, 1.54) is 23.8 Å². The van der Waals surface area contributed by atoms with Gasteiger partial charge >= 0.3 is 0 Å². The van der Waals surface area contributed by atoms with Crippen LogP contribution in [0.3, 0.4) is 0 Å². The van der Waals surface area contributed by atoms with E-state index < -0.39 is 10.0 Å². The van der Waals surface area contributed by atoms with Crippen molar-refractivity contribution in [3.63, 3.8) is 0 Å². The highest BCUT2D eigenvalue weighted by atomic mass is 35.5. The fraction of sp³-hybridized carbons (Fsp3) is 0.238. The van der Waals surface area contributed by atoms with Crippen molar-refractivity contribution in [2.45, 2.75) is 23.7 Å². The smallest absolute Gasteiger partial charge is 0.263 e. The molecule has 1 aliphatic rings. The summed E-state index contributed by atoms with van der Waals surface area (Å²) in [5.41, 5.74) is 2.00. The Labute approximate surface area is 190 Å². The summed E-state index contributed by atoms with van der Waals surface area (Å²) in [6.45, 7) is 1.33. The molecule has 2 aromatic carbocycles. The van der Waals surface area contributed by atoms with Gasteiger partial charge in [0.15, 0.2) is 0 Å². The predicted molar refractivity (Wildman–Crippen MR) is 120 cm³/mol. The number of nitrogens with zero attached hydrogens (tertiary/aromatic N) is 2. The van der Waals surface area contributed by atoms with Gasteiger partial charge in [0.05, 0.1) is 11.2 Å². The second kappa shape index (κ2) is 8.90. The molecule has 1 aliphatic heterocycles. The first kappa shape index (κ1) is 21.7. The van der Waals surface area contributed by atoms with Gasteiger partial charge in [-0.2, -0.15) is 5.10 Å². The van der Waals surface area contributed by atoms with Crippen molar-refractivity contribution in [1.82, 2.24) is 15.1 Å². The third-order valence-electron chi connectivity index (χ3n) is 5.34. The number of halogens is 2. The summed E-state index contributed by atoms with van der Waals surface area (Å²) < 4.78 is 27.7. The van der Waals surface area contributed by atoms with Crippen LogP contribution in [0.25, 0.3) is 0 Å². The molecule has 4 rings (SSSR count). The molecule has 162 valence electrons. The normalized spacial score (nSPS) is 15.1. The fourth-order valence-corrected chi connectivity index (χ4v) is 5.48. The topological polar surface area (TPSA) is 95.2 Å². The standard InChI is InChI=1S/C21H20Cl2N4O3S/c22-17-3-6-19(23)20(11-17)31(29,30)26-18-4-1-15(2-5-18)21(28)27-9-7-14(8-10-27)16-12-24-25-13-16/h1-6,11-14,26H,7-10H2,(H,24,25). The van der Waals surface area contributed by atoms with Gasteiger partial charge in [-0.15, -0.1) is 0 Å². The molecule has 0 aliphatic carbocycles. The van der Waals surface area contributed by atoms with Gasteiger partial charge in [0, 0.05) is 35.6 Å². The van der Waals surface area contributed by atoms with Crippen LogP contribution in [0.15, 0.2) is 59.8 Å². The Morgan fingerprint density at radius 1 is 1.10 bits per heavy atom. The average molecular weight is 479 g/mol. The van der Waals surface area contributed by atoms with Gasteiger partial charge in [-0.05, 0) is 66.8 Å². The van der Waals surface area contributed by atoms with Crippen molar-refractivity contribution in [2.75, 3.05) is 17.8 Å². The number of nitrogens with one attached hydrogen (secondary N) is 2. The lowest BCUT2D eigenvalue weighted by atomic mass is 9.91. The van der Waals surface area contributed by atoms with Gasteiger partial charge < -0.3 is 4.90 Å². The number of H-pyrrole nitrogens is 1. The zero-order chi connectivity index (χ0) is 22.0. The number of carbonyl (C=O) groups is 1. The van der Waals surface area contributed by atoms with Gasteiger partial charge in [-0.3, -0.25) is 14.6 Å². The number of rotatable bonds is 5. The Morgan fingerprint density at radius 2 is 1.81 bits per heavy atom. The van der Waals surface area contributed by atoms with E-state index in [2.05, 4.69) is 14.9 Å². The highest BCUT2D eigenvalue weighted by Gasteiger charge is 2.25. The zero-order valence-corrected chi connectivity index (χ0v) is 18.7. The first-order valence-corrected chi connectivity index (χ1v) is 11.9. The Kier molecular flexibility index (Phi) is 6.22. The van der Waals surface area contributed by atoms with E-state index in [9.17, 15) is 13.2 Å². The SMILES string of the molecule is O=C(c1ccc(NS(=O)(=O)c2cc(Cl)ccc2Cl)cc1)N1CCC(c2cn[nH]c2)CC1. The number of hydrogen-bond donors (Lipinski definition) is 2. The Morgan fingerprint density at radius 3 is 2.45 bits per heavy atom. The Balaban J connectivity index is 1.41. The first-order valence-electron chi connectivity index (χ1n) is 9.69. The summed E-state index contributed by atoms with van der Waals surface area (Å²) in [5, 5.41) is 7.16. The summed E-state index contributed by atoms with van der Waals surface area (Å²) in [4.78, 5) is 14.5. The maximum Gasteiger partial charge on any atom is 0.263 e. The van der Waals surface area contributed by atoms with Gasteiger partial charge in [0.25, 0.3) is 15.9 Å². The average Bonchev–Trinajstić information content (AvgIpc) is 3.30. The minimum atomic E-state index is -3.92. The third-order valence-corrected chi connectivity index (χ3v) is 7.44. The van der Waals surface area contributed by atoms with E-state index in [-0.39, 0.29) is 20.8 Å². The molecule has 0 saturated carbocycles. The highest BCUT2D eigenvalue weighted by Crippen LogP contribution is 2.29. The molecule has 3 aromatic rings. The molecule has 10 heteroatoms. The molecule has 1 aromatic heterocycles. The maximum absolute atomic E-state index is 12.8. The molecule has 31 heavy (non-hydrogen) atoms. The highest BCUT2D eigenvalue weighted by molar-refractivity contribution is 7.92. The number of anilines is 1. The summed E-state index contributed by atoms with van der Waals surface area (Å²) in [7, 11) is -3.92. The largest absolute Gasteiger partial charge is 0.339 e. The number of likely N-dealkylation sites (tertiary alicyclic amines) is 1. The third kappa shape index (κ3) is 4.87. The van der Waals surface area contributed by atoms with Crippen molar-refractivity contribution in [1.29, 1.82) is 0 Å². The minimum absolute atomic E-state index is 0.0714. The molecule has 2 heterocycles. The summed E-state index contributed by atoms with van der Waals surface area (Å²) >= 11 is 11.9. The molecule has 0 unspecified atom stereocenters. The van der Waals surface area contributed by atoms with Crippen LogP contribution in [-0.4, -0.2) is 42.5 Å². The van der Waals surface area contributed by atoms with Crippen LogP contribution in [0.5, 0.6) is 0 Å². The Bertz CT molecular complexity index is 1170. The van der Waals surface area contributed by atoms with Gasteiger partial charge in [-0.25, -0.2) is 8.42 Å². The fourth-order valence-electron chi connectivity index (χ4n) is 3.66. The van der Waals surface area contributed by atoms with Crippen molar-refractivity contribution in [2.24, 2.45) is 0 Å². The number of sulfonamides is 1. The van der Waals surface area contributed by atoms with E-state index in [1.807, 2.05) is 17.3 Å². The van der Waals surface area contributed by atoms with Crippen molar-refractivity contribution in [3.05, 3.63) is 76.0 Å². The maximum atomic E-state index is 12.8. The molecule has 0 spiro atoms. The van der Waals surface area contributed by atoms with Crippen LogP contribution in [-0.2, 0) is 10.0 Å². The van der Waals surface area contributed by atoms with Crippen LogP contribution in [0.2, 0.25) is 10.0 Å². The summed E-state index contributed by atoms with van der Waals surface area (Å²) in [6, 6.07) is 10.6. The number of aromatic amines is 1. The van der Waals surface area contributed by atoms with Crippen molar-refractivity contribution < 1.29 is 13.2 Å². The van der Waals surface area contributed by atoms with E-state index >= 15 is 0 Å². The quantitative estimate of drug-likeness (QED) is 0.562. The number of aromatic nitrogens is 2. The number of benzene rings is 2. The zero-order valence-electron chi connectivity index (χ0n) is 16.4. The van der Waals surface area contributed by atoms with E-state index in [4.69, 9.17) is 23.2 Å². The van der Waals surface area contributed by atoms with Gasteiger partial charge in [-0.1, -0.05) is 23.2 Å². The number of amides is 1. The van der Waals surface area contributed by atoms with Crippen LogP contribution in [0.1, 0.15) is 34.7 Å². The first-order chi connectivity index (χ1) is 14.8. The molecule has 2 N–H and O–H groups in total.